The lowest BCUT2D eigenvalue weighted by molar-refractivity contribution is -0.117. The fourth-order valence-corrected chi connectivity index (χ4v) is 3.99. The third-order valence-electron chi connectivity index (χ3n) is 5.49. The molecule has 0 spiro atoms. The first-order valence-corrected chi connectivity index (χ1v) is 9.42. The summed E-state index contributed by atoms with van der Waals surface area (Å²) in [5.74, 6) is 2.07. The van der Waals surface area contributed by atoms with Crippen molar-refractivity contribution in [2.24, 2.45) is 0 Å². The predicted octanol–water partition coefficient (Wildman–Crippen LogP) is 1.84. The summed E-state index contributed by atoms with van der Waals surface area (Å²) in [6.45, 7) is 0.355. The number of carbonyl (C=O) groups excluding carboxylic acids is 1. The Morgan fingerprint density at radius 3 is 2.64 bits per heavy atom. The van der Waals surface area contributed by atoms with Gasteiger partial charge < -0.3 is 9.80 Å². The zero-order valence-electron chi connectivity index (χ0n) is 15.6. The summed E-state index contributed by atoms with van der Waals surface area (Å²) in [7, 11) is 1.78. The standard InChI is InChI=1S/C19H20N8O/c1-25-15-10-23-19(26-7-6-22-17(26)13-8-20-12-21-9-13)24-18(15)27(11-16(25)28)14-4-2-3-5-14/h6-10,12,14H,2-5,11H2,1H3. The van der Waals surface area contributed by atoms with Crippen LogP contribution in [0, 0.1) is 0 Å². The third kappa shape index (κ3) is 2.70. The van der Waals surface area contributed by atoms with Crippen molar-refractivity contribution in [2.45, 2.75) is 31.7 Å². The third-order valence-corrected chi connectivity index (χ3v) is 5.49. The summed E-state index contributed by atoms with van der Waals surface area (Å²) < 4.78 is 1.82. The number of aromatic nitrogens is 6. The second-order valence-corrected chi connectivity index (χ2v) is 7.15. The highest BCUT2D eigenvalue weighted by molar-refractivity contribution is 6.01. The number of hydrogen-bond donors (Lipinski definition) is 0. The molecule has 142 valence electrons. The highest BCUT2D eigenvalue weighted by Gasteiger charge is 2.34. The number of fused-ring (bicyclic) bond motifs is 1. The quantitative estimate of drug-likeness (QED) is 0.688. The van der Waals surface area contributed by atoms with Gasteiger partial charge >= 0.3 is 0 Å². The topological polar surface area (TPSA) is 92.9 Å². The molecule has 0 radical (unpaired) electrons. The van der Waals surface area contributed by atoms with Gasteiger partial charge in [0.25, 0.3) is 0 Å². The minimum Gasteiger partial charge on any atom is -0.342 e. The minimum absolute atomic E-state index is 0.0699. The van der Waals surface area contributed by atoms with E-state index in [0.29, 0.717) is 24.4 Å². The average molecular weight is 376 g/mol. The van der Waals surface area contributed by atoms with Crippen LogP contribution in [-0.2, 0) is 4.79 Å². The van der Waals surface area contributed by atoms with Gasteiger partial charge in [-0.3, -0.25) is 9.36 Å². The number of carbonyl (C=O) groups is 1. The second-order valence-electron chi connectivity index (χ2n) is 7.15. The summed E-state index contributed by atoms with van der Waals surface area (Å²) in [6.07, 6.45) is 14.7. The molecule has 3 aromatic rings. The van der Waals surface area contributed by atoms with E-state index in [9.17, 15) is 4.79 Å². The van der Waals surface area contributed by atoms with Crippen molar-refractivity contribution in [2.75, 3.05) is 23.4 Å². The maximum Gasteiger partial charge on any atom is 0.246 e. The van der Waals surface area contributed by atoms with Crippen LogP contribution < -0.4 is 9.80 Å². The van der Waals surface area contributed by atoms with Gasteiger partial charge in [-0.2, -0.15) is 4.98 Å². The van der Waals surface area contributed by atoms with Crippen LogP contribution in [0.5, 0.6) is 0 Å². The van der Waals surface area contributed by atoms with Gasteiger partial charge in [0.2, 0.25) is 11.9 Å². The van der Waals surface area contributed by atoms with Gasteiger partial charge in [-0.25, -0.2) is 19.9 Å². The molecule has 1 amide bonds. The van der Waals surface area contributed by atoms with Gasteiger partial charge in [0.1, 0.15) is 17.8 Å². The Morgan fingerprint density at radius 1 is 1.07 bits per heavy atom. The Labute approximate surface area is 162 Å². The zero-order chi connectivity index (χ0) is 19.1. The van der Waals surface area contributed by atoms with Gasteiger partial charge in [0, 0.05) is 37.9 Å². The molecule has 3 aromatic heterocycles. The van der Waals surface area contributed by atoms with E-state index in [-0.39, 0.29) is 5.91 Å². The van der Waals surface area contributed by atoms with Crippen LogP contribution >= 0.6 is 0 Å². The van der Waals surface area contributed by atoms with E-state index in [2.05, 4.69) is 24.8 Å². The minimum atomic E-state index is 0.0699. The molecule has 0 atom stereocenters. The van der Waals surface area contributed by atoms with Gasteiger partial charge in [0.15, 0.2) is 5.82 Å². The first-order chi connectivity index (χ1) is 13.7. The van der Waals surface area contributed by atoms with Gasteiger partial charge in [-0.1, -0.05) is 12.8 Å². The first kappa shape index (κ1) is 16.8. The zero-order valence-corrected chi connectivity index (χ0v) is 15.6. The molecule has 0 aromatic carbocycles. The number of nitrogens with zero attached hydrogens (tertiary/aromatic N) is 8. The van der Waals surface area contributed by atoms with Crippen LogP contribution in [0.25, 0.3) is 17.3 Å². The number of imidazole rings is 1. The number of amides is 1. The van der Waals surface area contributed by atoms with Crippen LogP contribution in [0.2, 0.25) is 0 Å². The molecular formula is C19H20N8O. The molecule has 0 unspecified atom stereocenters. The summed E-state index contributed by atoms with van der Waals surface area (Å²) >= 11 is 0. The van der Waals surface area contributed by atoms with E-state index < -0.39 is 0 Å². The van der Waals surface area contributed by atoms with E-state index >= 15 is 0 Å². The molecule has 9 nitrogen and oxygen atoms in total. The molecule has 1 aliphatic heterocycles. The van der Waals surface area contributed by atoms with Gasteiger partial charge in [0.05, 0.1) is 18.3 Å². The highest BCUT2D eigenvalue weighted by Crippen LogP contribution is 2.36. The molecule has 1 saturated carbocycles. The Kier molecular flexibility index (Phi) is 4.00. The molecular weight excluding hydrogens is 356 g/mol. The maximum atomic E-state index is 12.5. The van der Waals surface area contributed by atoms with Crippen molar-refractivity contribution >= 4 is 17.4 Å². The molecule has 1 aliphatic carbocycles. The molecule has 4 heterocycles. The molecule has 0 saturated heterocycles. The van der Waals surface area contributed by atoms with E-state index in [1.54, 1.807) is 36.7 Å². The Bertz CT molecular complexity index is 1010. The van der Waals surface area contributed by atoms with E-state index in [1.165, 1.54) is 19.2 Å². The van der Waals surface area contributed by atoms with Crippen LogP contribution in [0.4, 0.5) is 11.5 Å². The summed E-state index contributed by atoms with van der Waals surface area (Å²) in [6, 6.07) is 0.351. The van der Waals surface area contributed by atoms with Crippen molar-refractivity contribution in [1.29, 1.82) is 0 Å². The summed E-state index contributed by atoms with van der Waals surface area (Å²) in [4.78, 5) is 38.2. The smallest absolute Gasteiger partial charge is 0.246 e. The van der Waals surface area contributed by atoms with Crippen LogP contribution in [-0.4, -0.2) is 55.0 Å². The largest absolute Gasteiger partial charge is 0.342 e. The van der Waals surface area contributed by atoms with E-state index in [0.717, 1.165) is 29.9 Å². The molecule has 9 heteroatoms. The molecule has 2 aliphatic rings. The lowest BCUT2D eigenvalue weighted by Crippen LogP contribution is -2.48. The average Bonchev–Trinajstić information content (AvgIpc) is 3.43. The predicted molar refractivity (Wildman–Crippen MR) is 103 cm³/mol. The number of rotatable bonds is 3. The van der Waals surface area contributed by atoms with Crippen LogP contribution in [0.1, 0.15) is 25.7 Å². The van der Waals surface area contributed by atoms with Gasteiger partial charge in [-0.15, -0.1) is 0 Å². The molecule has 28 heavy (non-hydrogen) atoms. The van der Waals surface area contributed by atoms with E-state index in [1.807, 2.05) is 10.8 Å². The Balaban J connectivity index is 1.60. The molecule has 0 N–H and O–H groups in total. The molecule has 5 rings (SSSR count). The van der Waals surface area contributed by atoms with Crippen LogP contribution in [0.15, 0.2) is 37.3 Å². The molecule has 1 fully saturated rings. The van der Waals surface area contributed by atoms with Crippen LogP contribution in [0.3, 0.4) is 0 Å². The first-order valence-electron chi connectivity index (χ1n) is 9.42. The van der Waals surface area contributed by atoms with Crippen molar-refractivity contribution < 1.29 is 4.79 Å². The van der Waals surface area contributed by atoms with Crippen molar-refractivity contribution in [3.05, 3.63) is 37.3 Å². The monoisotopic (exact) mass is 376 g/mol. The van der Waals surface area contributed by atoms with Crippen molar-refractivity contribution in [3.8, 4) is 17.3 Å². The maximum absolute atomic E-state index is 12.5. The van der Waals surface area contributed by atoms with E-state index in [4.69, 9.17) is 4.98 Å². The summed E-state index contributed by atoms with van der Waals surface area (Å²) in [5.41, 5.74) is 1.53. The molecule has 0 bridgehead atoms. The number of hydrogen-bond acceptors (Lipinski definition) is 7. The second kappa shape index (κ2) is 6.66. The summed E-state index contributed by atoms with van der Waals surface area (Å²) in [5, 5.41) is 0. The van der Waals surface area contributed by atoms with Crippen molar-refractivity contribution in [3.63, 3.8) is 0 Å². The Hall–Kier alpha value is -3.36. The number of likely N-dealkylation sites (N-methyl/N-ethyl adjacent to an activating group) is 1. The fraction of sp³-hybridized carbons (Fsp3) is 0.368. The SMILES string of the molecule is CN1C(=O)CN(C2CCCC2)c2nc(-n3ccnc3-c3cncnc3)ncc21. The lowest BCUT2D eigenvalue weighted by atomic mass is 10.1. The normalized spacial score (nSPS) is 17.2. The highest BCUT2D eigenvalue weighted by atomic mass is 16.2. The fourth-order valence-electron chi connectivity index (χ4n) is 3.99. The lowest BCUT2D eigenvalue weighted by Gasteiger charge is -2.37. The number of anilines is 2. The Morgan fingerprint density at radius 2 is 1.86 bits per heavy atom. The van der Waals surface area contributed by atoms with Crippen molar-refractivity contribution in [1.82, 2.24) is 29.5 Å². The van der Waals surface area contributed by atoms with Gasteiger partial charge in [-0.05, 0) is 12.8 Å².